The molecule has 70 heavy (non-hydrogen) atoms. The van der Waals surface area contributed by atoms with Crippen molar-refractivity contribution in [3.05, 3.63) is 143 Å². The smallest absolute Gasteiger partial charge is 0.414 e. The van der Waals surface area contributed by atoms with Crippen LogP contribution >= 0.6 is 11.6 Å². The van der Waals surface area contributed by atoms with Gasteiger partial charge in [0.15, 0.2) is 0 Å². The van der Waals surface area contributed by atoms with Crippen molar-refractivity contribution in [3.63, 3.8) is 0 Å². The predicted octanol–water partition coefficient (Wildman–Crippen LogP) is 6.32. The Morgan fingerprint density at radius 2 is 1.07 bits per heavy atom. The zero-order valence-corrected chi connectivity index (χ0v) is 40.1. The second-order valence-electron chi connectivity index (χ2n) is 16.7. The summed E-state index contributed by atoms with van der Waals surface area (Å²) < 4.78 is 21.3. The highest BCUT2D eigenvalue weighted by Gasteiger charge is 2.30. The number of nitrogens with one attached hydrogen (secondary N) is 6. The van der Waals surface area contributed by atoms with Crippen molar-refractivity contribution in [2.45, 2.75) is 103 Å². The summed E-state index contributed by atoms with van der Waals surface area (Å²) in [6, 6.07) is 30.0. The fourth-order valence-electron chi connectivity index (χ4n) is 6.39. The first kappa shape index (κ1) is 54.9. The van der Waals surface area contributed by atoms with Crippen molar-refractivity contribution < 1.29 is 52.5 Å². The van der Waals surface area contributed by atoms with Crippen LogP contribution in [0.3, 0.4) is 0 Å². The quantitative estimate of drug-likeness (QED) is 0.0187. The summed E-state index contributed by atoms with van der Waals surface area (Å²) in [5.74, 6) is -2.60. The van der Waals surface area contributed by atoms with Crippen LogP contribution in [-0.4, -0.2) is 84.9 Å². The number of nitrogens with two attached hydrogens (primary N) is 1. The highest BCUT2D eigenvalue weighted by Crippen LogP contribution is 2.16. The fourth-order valence-corrected chi connectivity index (χ4v) is 6.58. The van der Waals surface area contributed by atoms with Gasteiger partial charge < -0.3 is 45.9 Å². The molecule has 7 amide bonds. The number of benzene rings is 4. The Morgan fingerprint density at radius 1 is 0.571 bits per heavy atom. The normalized spacial score (nSPS) is 12.1. The third-order valence-corrected chi connectivity index (χ3v) is 10.2. The number of rotatable bonds is 23. The second-order valence-corrected chi connectivity index (χ2v) is 17.2. The second kappa shape index (κ2) is 29.3. The Labute approximate surface area is 412 Å². The molecule has 0 aliphatic heterocycles. The SMILES string of the molecule is CC(C)(C)OC(=O)NC(CCCN=C(NC(=O)OCc1ccccc1)NC(=O)OCc1ccccc1)C(=O)NC(Cc1ccccc1)C(=O)NC(CCCCNC(=O)OCc1ccccc1Cl)C(N)=O. The number of carbonyl (C=O) groups is 7. The fraction of sp³-hybridized carbons (Fsp3) is 0.360. The Hall–Kier alpha value is -7.67. The van der Waals surface area contributed by atoms with E-state index in [1.165, 1.54) is 0 Å². The number of aliphatic imine (C=N–C) groups is 1. The van der Waals surface area contributed by atoms with Gasteiger partial charge >= 0.3 is 24.4 Å². The lowest BCUT2D eigenvalue weighted by atomic mass is 10.0. The van der Waals surface area contributed by atoms with E-state index in [4.69, 9.17) is 36.3 Å². The first-order valence-electron chi connectivity index (χ1n) is 22.6. The predicted molar refractivity (Wildman–Crippen MR) is 261 cm³/mol. The zero-order valence-electron chi connectivity index (χ0n) is 39.4. The molecule has 3 atom stereocenters. The summed E-state index contributed by atoms with van der Waals surface area (Å²) >= 11 is 6.12. The molecular weight excluding hydrogens is 924 g/mol. The summed E-state index contributed by atoms with van der Waals surface area (Å²) in [7, 11) is 0. The van der Waals surface area contributed by atoms with Gasteiger partial charge in [-0.3, -0.25) is 30.0 Å². The zero-order chi connectivity index (χ0) is 50.7. The lowest BCUT2D eigenvalue weighted by Crippen LogP contribution is -2.57. The molecule has 4 aromatic carbocycles. The molecule has 0 bridgehead atoms. The third kappa shape index (κ3) is 22.0. The summed E-state index contributed by atoms with van der Waals surface area (Å²) in [6.45, 7) is 4.91. The van der Waals surface area contributed by atoms with Crippen LogP contribution in [0.5, 0.6) is 0 Å². The van der Waals surface area contributed by atoms with Gasteiger partial charge in [0.1, 0.15) is 43.5 Å². The largest absolute Gasteiger partial charge is 0.445 e. The van der Waals surface area contributed by atoms with E-state index in [9.17, 15) is 33.6 Å². The molecule has 0 aromatic heterocycles. The summed E-state index contributed by atoms with van der Waals surface area (Å²) in [5.41, 5.74) is 7.54. The molecule has 0 aliphatic carbocycles. The van der Waals surface area contributed by atoms with Gasteiger partial charge in [-0.1, -0.05) is 121 Å². The topological polar surface area (TPSA) is 267 Å². The molecule has 20 heteroatoms. The number of alkyl carbamates (subject to hydrolysis) is 4. The minimum Gasteiger partial charge on any atom is -0.445 e. The first-order valence-corrected chi connectivity index (χ1v) is 23.0. The highest BCUT2D eigenvalue weighted by atomic mass is 35.5. The number of halogens is 1. The van der Waals surface area contributed by atoms with E-state index in [0.717, 1.165) is 11.1 Å². The van der Waals surface area contributed by atoms with Crippen LogP contribution in [0.4, 0.5) is 19.2 Å². The highest BCUT2D eigenvalue weighted by molar-refractivity contribution is 6.31. The van der Waals surface area contributed by atoms with Crippen LogP contribution in [0.2, 0.25) is 5.02 Å². The third-order valence-electron chi connectivity index (χ3n) is 9.88. The van der Waals surface area contributed by atoms with E-state index in [1.54, 1.807) is 124 Å². The minimum absolute atomic E-state index is 0.00495. The van der Waals surface area contributed by atoms with Gasteiger partial charge in [0.2, 0.25) is 23.7 Å². The molecule has 374 valence electrons. The number of carbonyl (C=O) groups excluding carboxylic acids is 7. The lowest BCUT2D eigenvalue weighted by Gasteiger charge is -2.26. The van der Waals surface area contributed by atoms with E-state index in [2.05, 4.69) is 36.9 Å². The van der Waals surface area contributed by atoms with Crippen molar-refractivity contribution in [1.82, 2.24) is 31.9 Å². The van der Waals surface area contributed by atoms with Gasteiger partial charge in [-0.05, 0) is 75.6 Å². The maximum absolute atomic E-state index is 14.1. The average molecular weight is 986 g/mol. The average Bonchev–Trinajstić information content (AvgIpc) is 3.32. The molecule has 4 aromatic rings. The molecule has 0 heterocycles. The molecule has 0 aliphatic rings. The summed E-state index contributed by atoms with van der Waals surface area (Å²) in [5, 5.41) is 15.9. The van der Waals surface area contributed by atoms with Gasteiger partial charge in [0.25, 0.3) is 0 Å². The molecule has 3 unspecified atom stereocenters. The van der Waals surface area contributed by atoms with E-state index in [-0.39, 0.29) is 64.6 Å². The number of hydrogen-bond donors (Lipinski definition) is 7. The van der Waals surface area contributed by atoms with Crippen molar-refractivity contribution in [3.8, 4) is 0 Å². The maximum Gasteiger partial charge on any atom is 0.414 e. The van der Waals surface area contributed by atoms with Gasteiger partial charge in [-0.25, -0.2) is 19.2 Å². The van der Waals surface area contributed by atoms with Crippen LogP contribution < -0.4 is 37.6 Å². The molecule has 0 fully saturated rings. The Kier molecular flexibility index (Phi) is 23.0. The van der Waals surface area contributed by atoms with Gasteiger partial charge in [-0.2, -0.15) is 0 Å². The van der Waals surface area contributed by atoms with Crippen LogP contribution in [0.15, 0.2) is 120 Å². The standard InChI is InChI=1S/C50H61ClN8O11/c1-50(2,3)70-49(66)57-40(27-17-29-53-45(58-47(64)67-31-35-20-9-5-10-21-35)59-48(65)68-32-36-22-11-6-12-23-36)43(61)56-41(30-34-18-7-4-8-19-34)44(62)55-39(42(52)60)26-15-16-28-54-46(63)69-33-37-24-13-14-25-38(37)51/h4-14,18-25,39-41H,15-17,26-33H2,1-3H3,(H2,52,60)(H,54,63)(H,55,62)(H,56,61)(H,57,66)(H2,53,58,59,64,65). The van der Waals surface area contributed by atoms with Crippen molar-refractivity contribution >= 4 is 59.7 Å². The van der Waals surface area contributed by atoms with Gasteiger partial charge in [-0.15, -0.1) is 0 Å². The van der Waals surface area contributed by atoms with Gasteiger partial charge in [0, 0.05) is 30.1 Å². The van der Waals surface area contributed by atoms with Crippen LogP contribution in [0, 0.1) is 0 Å². The number of guanidine groups is 1. The number of amides is 7. The molecule has 0 radical (unpaired) electrons. The molecule has 0 saturated heterocycles. The van der Waals surface area contributed by atoms with Crippen LogP contribution in [0.1, 0.15) is 75.1 Å². The van der Waals surface area contributed by atoms with E-state index in [1.807, 2.05) is 12.1 Å². The lowest BCUT2D eigenvalue weighted by molar-refractivity contribution is -0.132. The summed E-state index contributed by atoms with van der Waals surface area (Å²) in [4.78, 5) is 95.9. The molecule has 8 N–H and O–H groups in total. The van der Waals surface area contributed by atoms with Crippen molar-refractivity contribution in [2.75, 3.05) is 13.1 Å². The molecule has 19 nitrogen and oxygen atoms in total. The molecule has 4 rings (SSSR count). The Bertz CT molecular complexity index is 2290. The van der Waals surface area contributed by atoms with Crippen molar-refractivity contribution in [2.24, 2.45) is 10.7 Å². The number of primary amides is 1. The minimum atomic E-state index is -1.29. The summed E-state index contributed by atoms with van der Waals surface area (Å²) in [6.07, 6.45) is -2.49. The van der Waals surface area contributed by atoms with Crippen molar-refractivity contribution in [1.29, 1.82) is 0 Å². The maximum atomic E-state index is 14.1. The monoisotopic (exact) mass is 984 g/mol. The van der Waals surface area contributed by atoms with Crippen LogP contribution in [0.25, 0.3) is 0 Å². The van der Waals surface area contributed by atoms with Crippen LogP contribution in [-0.2, 0) is 59.6 Å². The Balaban J connectivity index is 1.42. The van der Waals surface area contributed by atoms with E-state index in [0.29, 0.717) is 29.0 Å². The molecule has 0 saturated carbocycles. The number of unbranched alkanes of at least 4 members (excludes halogenated alkanes) is 1. The Morgan fingerprint density at radius 3 is 1.63 bits per heavy atom. The molecule has 0 spiro atoms. The number of ether oxygens (including phenoxy) is 4. The van der Waals surface area contributed by atoms with E-state index >= 15 is 0 Å². The number of hydrogen-bond acceptors (Lipinski definition) is 12. The molecular formula is C50H61ClN8O11. The first-order chi connectivity index (χ1) is 33.5. The number of nitrogens with zero attached hydrogens (tertiary/aromatic N) is 1. The van der Waals surface area contributed by atoms with E-state index < -0.39 is 65.8 Å². The van der Waals surface area contributed by atoms with Gasteiger partial charge in [0.05, 0.1) is 0 Å².